The highest BCUT2D eigenvalue weighted by molar-refractivity contribution is 7.46. The summed E-state index contributed by atoms with van der Waals surface area (Å²) in [7, 11) is 0.756. The van der Waals surface area contributed by atoms with E-state index in [1.165, 1.54) is 34.8 Å². The van der Waals surface area contributed by atoms with Gasteiger partial charge in [0.05, 0.1) is 0 Å². The number of benzene rings is 2. The van der Waals surface area contributed by atoms with Gasteiger partial charge in [-0.25, -0.2) is 0 Å². The molecule has 1 fully saturated rings. The van der Waals surface area contributed by atoms with E-state index in [0.29, 0.717) is 12.8 Å². The molecule has 3 rings (SSSR count). The fourth-order valence-electron chi connectivity index (χ4n) is 4.75. The number of nitrogens with one attached hydrogen (secondary N) is 1. The average Bonchev–Trinajstić information content (AvgIpc) is 3.35. The van der Waals surface area contributed by atoms with Crippen molar-refractivity contribution in [2.75, 3.05) is 26.3 Å². The predicted molar refractivity (Wildman–Crippen MR) is 145 cm³/mol. The van der Waals surface area contributed by atoms with Gasteiger partial charge in [-0.15, -0.1) is 0 Å². The number of carbonyl (C=O) groups excluding carboxylic acids is 2. The molecule has 0 aliphatic carbocycles. The molecule has 1 aliphatic heterocycles. The van der Waals surface area contributed by atoms with E-state index in [2.05, 4.69) is 48.9 Å². The lowest BCUT2D eigenvalue weighted by Gasteiger charge is -2.25. The second-order valence-corrected chi connectivity index (χ2v) is 10.6. The maximum atomic E-state index is 12.8. The summed E-state index contributed by atoms with van der Waals surface area (Å²) in [5.74, 6) is 0.277. The number of Topliss-reactive ketones (excluding diaryl/α,β-unsaturated/α-hetero) is 1. The van der Waals surface area contributed by atoms with E-state index < -0.39 is 0 Å². The third-order valence-electron chi connectivity index (χ3n) is 6.79. The Morgan fingerprint density at radius 3 is 2.41 bits per heavy atom. The van der Waals surface area contributed by atoms with Crippen LogP contribution in [0.2, 0.25) is 0 Å². The molecule has 1 amide bonds. The van der Waals surface area contributed by atoms with Gasteiger partial charge in [0, 0.05) is 31.0 Å². The Morgan fingerprint density at radius 2 is 1.74 bits per heavy atom. The summed E-state index contributed by atoms with van der Waals surface area (Å²) in [5.41, 5.74) is 4.67. The zero-order chi connectivity index (χ0) is 24.3. The third kappa shape index (κ3) is 8.32. The van der Waals surface area contributed by atoms with Gasteiger partial charge in [0.2, 0.25) is 5.91 Å². The fourth-order valence-corrected chi connectivity index (χ4v) is 5.62. The van der Waals surface area contributed by atoms with Crippen molar-refractivity contribution in [1.82, 2.24) is 10.2 Å². The van der Waals surface area contributed by atoms with Gasteiger partial charge in [0.25, 0.3) is 0 Å². The number of aryl methyl sites for hydroxylation is 2. The zero-order valence-corrected chi connectivity index (χ0v) is 22.2. The molecule has 0 aromatic heterocycles. The van der Waals surface area contributed by atoms with Gasteiger partial charge in [0.15, 0.2) is 5.78 Å². The summed E-state index contributed by atoms with van der Waals surface area (Å²) < 4.78 is 0. The minimum Gasteiger partial charge on any atom is -0.352 e. The maximum absolute atomic E-state index is 12.8. The van der Waals surface area contributed by atoms with Crippen LogP contribution in [0.3, 0.4) is 0 Å². The molecule has 0 spiro atoms. The Hall–Kier alpha value is -2.03. The molecule has 2 atom stereocenters. The lowest BCUT2D eigenvalue weighted by Crippen LogP contribution is -2.44. The van der Waals surface area contributed by atoms with Gasteiger partial charge in [-0.2, -0.15) is 0 Å². The minimum atomic E-state index is 0.108. The van der Waals surface area contributed by atoms with Crippen molar-refractivity contribution >= 4 is 25.6 Å². The Balaban J connectivity index is 1.49. The summed E-state index contributed by atoms with van der Waals surface area (Å²) >= 11 is 0. The fraction of sp³-hybridized carbons (Fsp3) is 0.517. The average molecular weight is 481 g/mol. The molecule has 4 nitrogen and oxygen atoms in total. The maximum Gasteiger partial charge on any atom is 0.220 e. The van der Waals surface area contributed by atoms with Crippen molar-refractivity contribution in [3.8, 4) is 0 Å². The van der Waals surface area contributed by atoms with Crippen LogP contribution in [0.25, 0.3) is 0 Å². The summed E-state index contributed by atoms with van der Waals surface area (Å²) in [4.78, 5) is 27.7. The standard InChI is InChI=1S/C29H41N2O2P/c1-4-23-12-15-24(16-13-23)27(32)9-5-6-10-29(33)30-26(21-31-17-7-8-18-31)20-25-14-11-22(2)19-28(25)34-3/h11-16,19,26,34H,4-10,17-18,20-21H2,1-3H3,(H,30,33)/t26-/m0/s1. The third-order valence-corrected chi connectivity index (χ3v) is 7.79. The number of hydrogen-bond donors (Lipinski definition) is 1. The van der Waals surface area contributed by atoms with Crippen molar-refractivity contribution in [1.29, 1.82) is 0 Å². The number of amides is 1. The summed E-state index contributed by atoms with van der Waals surface area (Å²) in [6, 6.07) is 14.7. The number of rotatable bonds is 13. The summed E-state index contributed by atoms with van der Waals surface area (Å²) in [6.45, 7) is 9.65. The summed E-state index contributed by atoms with van der Waals surface area (Å²) in [6.07, 6.45) is 6.83. The first kappa shape index (κ1) is 26.6. The highest BCUT2D eigenvalue weighted by atomic mass is 31.1. The molecule has 2 aromatic rings. The van der Waals surface area contributed by atoms with Crippen LogP contribution in [0, 0.1) is 6.92 Å². The highest BCUT2D eigenvalue weighted by Gasteiger charge is 2.20. The molecule has 0 bridgehead atoms. The molecule has 5 heteroatoms. The van der Waals surface area contributed by atoms with Gasteiger partial charge in [-0.1, -0.05) is 63.5 Å². The molecule has 1 N–H and O–H groups in total. The van der Waals surface area contributed by atoms with Gasteiger partial charge in [-0.3, -0.25) is 9.59 Å². The molecule has 1 unspecified atom stereocenters. The van der Waals surface area contributed by atoms with Gasteiger partial charge < -0.3 is 10.2 Å². The number of likely N-dealkylation sites (tertiary alicyclic amines) is 1. The van der Waals surface area contributed by atoms with Crippen LogP contribution in [-0.4, -0.2) is 48.9 Å². The van der Waals surface area contributed by atoms with Gasteiger partial charge >= 0.3 is 0 Å². The summed E-state index contributed by atoms with van der Waals surface area (Å²) in [5, 5.41) is 4.74. The van der Waals surface area contributed by atoms with Crippen LogP contribution in [0.15, 0.2) is 42.5 Å². The van der Waals surface area contributed by atoms with Gasteiger partial charge in [-0.05, 0) is 81.6 Å². The number of nitrogens with zero attached hydrogens (tertiary/aromatic N) is 1. The molecule has 184 valence electrons. The van der Waals surface area contributed by atoms with Crippen molar-refractivity contribution in [2.24, 2.45) is 0 Å². The first-order valence-corrected chi connectivity index (χ1v) is 14.4. The van der Waals surface area contributed by atoms with E-state index >= 15 is 0 Å². The van der Waals surface area contributed by atoms with Crippen molar-refractivity contribution < 1.29 is 9.59 Å². The molecular weight excluding hydrogens is 439 g/mol. The van der Waals surface area contributed by atoms with Gasteiger partial charge in [0.1, 0.15) is 0 Å². The molecule has 1 heterocycles. The monoisotopic (exact) mass is 480 g/mol. The smallest absolute Gasteiger partial charge is 0.220 e. The Labute approximate surface area is 207 Å². The van der Waals surface area contributed by atoms with Crippen LogP contribution < -0.4 is 10.6 Å². The van der Waals surface area contributed by atoms with Crippen molar-refractivity contribution in [3.63, 3.8) is 0 Å². The molecule has 0 radical (unpaired) electrons. The molecule has 0 saturated carbocycles. The number of carbonyl (C=O) groups is 2. The largest absolute Gasteiger partial charge is 0.352 e. The van der Waals surface area contributed by atoms with E-state index in [-0.39, 0.29) is 17.7 Å². The SMILES string of the molecule is CCc1ccc(C(=O)CCCCC(=O)N[C@@H](Cc2ccc(C)cc2PC)CN2CCCC2)cc1. The Bertz CT molecular complexity index is 936. The van der Waals surface area contributed by atoms with Crippen LogP contribution in [-0.2, 0) is 17.6 Å². The number of hydrogen-bond acceptors (Lipinski definition) is 3. The molecule has 2 aromatic carbocycles. The zero-order valence-electron chi connectivity index (χ0n) is 21.2. The van der Waals surface area contributed by atoms with E-state index in [4.69, 9.17) is 0 Å². The van der Waals surface area contributed by atoms with E-state index in [0.717, 1.165) is 59.5 Å². The Kier molecular flexibility index (Phi) is 10.8. The first-order valence-electron chi connectivity index (χ1n) is 12.9. The van der Waals surface area contributed by atoms with Crippen LogP contribution in [0.4, 0.5) is 0 Å². The molecule has 1 saturated heterocycles. The normalized spacial score (nSPS) is 15.1. The quantitative estimate of drug-likeness (QED) is 0.248. The Morgan fingerprint density at radius 1 is 1.03 bits per heavy atom. The van der Waals surface area contributed by atoms with Crippen LogP contribution in [0.5, 0.6) is 0 Å². The first-order chi connectivity index (χ1) is 16.5. The van der Waals surface area contributed by atoms with Crippen molar-refractivity contribution in [3.05, 3.63) is 64.7 Å². The number of ketones is 1. The van der Waals surface area contributed by atoms with E-state index in [1.807, 2.05) is 24.3 Å². The molecule has 1 aliphatic rings. The van der Waals surface area contributed by atoms with Crippen LogP contribution >= 0.6 is 8.58 Å². The van der Waals surface area contributed by atoms with Crippen LogP contribution in [0.1, 0.15) is 72.5 Å². The van der Waals surface area contributed by atoms with E-state index in [9.17, 15) is 9.59 Å². The number of unbranched alkanes of at least 4 members (excludes halogenated alkanes) is 1. The van der Waals surface area contributed by atoms with E-state index in [1.54, 1.807) is 0 Å². The predicted octanol–water partition coefficient (Wildman–Crippen LogP) is 5.06. The minimum absolute atomic E-state index is 0.108. The topological polar surface area (TPSA) is 49.4 Å². The lowest BCUT2D eigenvalue weighted by atomic mass is 10.0. The molecular formula is C29H41N2O2P. The second kappa shape index (κ2) is 13.8. The molecule has 34 heavy (non-hydrogen) atoms. The van der Waals surface area contributed by atoms with Crippen molar-refractivity contribution in [2.45, 2.75) is 71.3 Å². The second-order valence-electron chi connectivity index (χ2n) is 9.57. The lowest BCUT2D eigenvalue weighted by molar-refractivity contribution is -0.122. The highest BCUT2D eigenvalue weighted by Crippen LogP contribution is 2.16.